The zero-order chi connectivity index (χ0) is 24.1. The number of benzene rings is 2. The van der Waals surface area contributed by atoms with E-state index in [0.717, 1.165) is 29.7 Å². The molecule has 2 amide bonds. The number of methoxy groups -OCH3 is 1. The second-order valence-corrected chi connectivity index (χ2v) is 9.03. The number of aliphatic hydroxyl groups is 1. The van der Waals surface area contributed by atoms with Crippen molar-refractivity contribution in [3.8, 4) is 5.75 Å². The summed E-state index contributed by atoms with van der Waals surface area (Å²) in [4.78, 5) is 16.0. The van der Waals surface area contributed by atoms with Gasteiger partial charge in [0, 0.05) is 65.1 Å². The average molecular weight is 473 g/mol. The SMILES string of the molecule is COC1(c2cc(F)cc(OCc3ccc(N(C)C(=O)N4CCCC(O)C4)cc3)c2)CCOCC1. The van der Waals surface area contributed by atoms with Crippen LogP contribution < -0.4 is 9.64 Å². The molecule has 0 aromatic heterocycles. The van der Waals surface area contributed by atoms with Gasteiger partial charge in [-0.15, -0.1) is 0 Å². The van der Waals surface area contributed by atoms with Crippen LogP contribution in [0.2, 0.25) is 0 Å². The summed E-state index contributed by atoms with van der Waals surface area (Å²) >= 11 is 0. The fourth-order valence-electron chi connectivity index (χ4n) is 4.65. The lowest BCUT2D eigenvalue weighted by Crippen LogP contribution is -2.47. The van der Waals surface area contributed by atoms with Crippen molar-refractivity contribution < 1.29 is 28.5 Å². The van der Waals surface area contributed by atoms with Gasteiger partial charge in [-0.25, -0.2) is 9.18 Å². The number of hydrogen-bond donors (Lipinski definition) is 1. The molecule has 7 nitrogen and oxygen atoms in total. The van der Waals surface area contributed by atoms with Gasteiger partial charge in [0.25, 0.3) is 0 Å². The normalized spacial score (nSPS) is 20.1. The highest BCUT2D eigenvalue weighted by atomic mass is 19.1. The van der Waals surface area contributed by atoms with Gasteiger partial charge in [-0.1, -0.05) is 12.1 Å². The van der Waals surface area contributed by atoms with Crippen molar-refractivity contribution in [3.63, 3.8) is 0 Å². The number of nitrogens with zero attached hydrogens (tertiary/aromatic N) is 2. The fraction of sp³-hybridized carbons (Fsp3) is 0.500. The van der Waals surface area contributed by atoms with Crippen LogP contribution in [0.4, 0.5) is 14.9 Å². The third kappa shape index (κ3) is 5.51. The smallest absolute Gasteiger partial charge is 0.324 e. The number of hydrogen-bond acceptors (Lipinski definition) is 5. The molecule has 2 aliphatic heterocycles. The Morgan fingerprint density at radius 1 is 1.24 bits per heavy atom. The molecule has 2 aromatic carbocycles. The Kier molecular flexibility index (Phi) is 7.70. The van der Waals surface area contributed by atoms with Crippen molar-refractivity contribution >= 4 is 11.7 Å². The third-order valence-corrected chi connectivity index (χ3v) is 6.77. The topological polar surface area (TPSA) is 71.5 Å². The van der Waals surface area contributed by atoms with Gasteiger partial charge in [0.05, 0.1) is 11.7 Å². The molecule has 0 saturated carbocycles. The largest absolute Gasteiger partial charge is 0.489 e. The van der Waals surface area contributed by atoms with Gasteiger partial charge in [-0.05, 0) is 48.2 Å². The summed E-state index contributed by atoms with van der Waals surface area (Å²) in [7, 11) is 3.37. The number of rotatable bonds is 6. The van der Waals surface area contributed by atoms with E-state index in [1.807, 2.05) is 30.3 Å². The molecular weight excluding hydrogens is 439 g/mol. The first-order valence-corrected chi connectivity index (χ1v) is 11.8. The Bertz CT molecular complexity index is 978. The standard InChI is InChI=1S/C26H33FN2O5/c1-28(25(31)29-11-3-4-23(30)17-29)22-7-5-19(6-8-22)18-34-24-15-20(14-21(27)16-24)26(32-2)9-12-33-13-10-26/h5-8,14-16,23,30H,3-4,9-13,17-18H2,1-2H3. The fourth-order valence-corrected chi connectivity index (χ4v) is 4.65. The molecule has 2 heterocycles. The molecule has 1 N–H and O–H groups in total. The molecule has 8 heteroatoms. The summed E-state index contributed by atoms with van der Waals surface area (Å²) in [6, 6.07) is 12.1. The van der Waals surface area contributed by atoms with Gasteiger partial charge in [0.15, 0.2) is 0 Å². The number of urea groups is 1. The molecule has 0 radical (unpaired) electrons. The third-order valence-electron chi connectivity index (χ3n) is 6.77. The number of amides is 2. The monoisotopic (exact) mass is 472 g/mol. The molecule has 0 aliphatic carbocycles. The number of β-amino-alcohol motifs (C(OH)–C–C–N with tert-alkyl or cyclic N) is 1. The van der Waals surface area contributed by atoms with Crippen molar-refractivity contribution in [2.45, 2.75) is 44.0 Å². The molecule has 2 aliphatic rings. The number of carbonyl (C=O) groups excluding carboxylic acids is 1. The summed E-state index contributed by atoms with van der Waals surface area (Å²) in [5, 5.41) is 9.84. The maximum Gasteiger partial charge on any atom is 0.324 e. The number of carbonyl (C=O) groups is 1. The minimum atomic E-state index is -0.568. The van der Waals surface area contributed by atoms with Crippen molar-refractivity contribution in [3.05, 3.63) is 59.4 Å². The lowest BCUT2D eigenvalue weighted by molar-refractivity contribution is -0.0950. The molecule has 1 atom stereocenters. The van der Waals surface area contributed by atoms with Crippen LogP contribution in [0.5, 0.6) is 5.75 Å². The number of likely N-dealkylation sites (tertiary alicyclic amines) is 1. The Balaban J connectivity index is 1.39. The van der Waals surface area contributed by atoms with E-state index in [1.165, 1.54) is 12.1 Å². The molecule has 2 saturated heterocycles. The van der Waals surface area contributed by atoms with Crippen LogP contribution in [-0.2, 0) is 21.7 Å². The number of anilines is 1. The van der Waals surface area contributed by atoms with E-state index in [1.54, 1.807) is 24.0 Å². The second kappa shape index (κ2) is 10.7. The Hall–Kier alpha value is -2.68. The van der Waals surface area contributed by atoms with Gasteiger partial charge in [-0.3, -0.25) is 4.90 Å². The van der Waals surface area contributed by atoms with E-state index < -0.39 is 11.7 Å². The minimum absolute atomic E-state index is 0.129. The molecule has 184 valence electrons. The Labute approximate surface area is 200 Å². The van der Waals surface area contributed by atoms with Gasteiger partial charge in [0.2, 0.25) is 0 Å². The lowest BCUT2D eigenvalue weighted by atomic mass is 9.86. The summed E-state index contributed by atoms with van der Waals surface area (Å²) in [6.45, 7) is 2.42. The quantitative estimate of drug-likeness (QED) is 0.686. The van der Waals surface area contributed by atoms with E-state index in [9.17, 15) is 14.3 Å². The second-order valence-electron chi connectivity index (χ2n) is 9.03. The van der Waals surface area contributed by atoms with Crippen LogP contribution in [0.15, 0.2) is 42.5 Å². The van der Waals surface area contributed by atoms with Gasteiger partial charge < -0.3 is 24.2 Å². The van der Waals surface area contributed by atoms with E-state index in [2.05, 4.69) is 0 Å². The van der Waals surface area contributed by atoms with Crippen LogP contribution in [0, 0.1) is 5.82 Å². The van der Waals surface area contributed by atoms with Crippen LogP contribution in [0.25, 0.3) is 0 Å². The summed E-state index contributed by atoms with van der Waals surface area (Å²) in [6.07, 6.45) is 2.40. The van der Waals surface area contributed by atoms with Crippen LogP contribution in [0.3, 0.4) is 0 Å². The maximum absolute atomic E-state index is 14.4. The van der Waals surface area contributed by atoms with E-state index in [4.69, 9.17) is 14.2 Å². The molecular formula is C26H33FN2O5. The number of halogens is 1. The van der Waals surface area contributed by atoms with Gasteiger partial charge in [0.1, 0.15) is 18.2 Å². The number of piperidine rings is 1. The highest BCUT2D eigenvalue weighted by Crippen LogP contribution is 2.37. The number of aliphatic hydroxyl groups excluding tert-OH is 1. The average Bonchev–Trinajstić information content (AvgIpc) is 2.87. The zero-order valence-electron chi connectivity index (χ0n) is 19.8. The van der Waals surface area contributed by atoms with Gasteiger partial charge in [-0.2, -0.15) is 0 Å². The van der Waals surface area contributed by atoms with E-state index in [0.29, 0.717) is 44.9 Å². The van der Waals surface area contributed by atoms with Gasteiger partial charge >= 0.3 is 6.03 Å². The molecule has 34 heavy (non-hydrogen) atoms. The first-order chi connectivity index (χ1) is 16.4. The molecule has 0 spiro atoms. The first-order valence-electron chi connectivity index (χ1n) is 11.8. The van der Waals surface area contributed by atoms with E-state index >= 15 is 0 Å². The molecule has 2 aromatic rings. The maximum atomic E-state index is 14.4. The Morgan fingerprint density at radius 2 is 1.97 bits per heavy atom. The van der Waals surface area contributed by atoms with Crippen molar-refractivity contribution in [2.24, 2.45) is 0 Å². The van der Waals surface area contributed by atoms with Crippen molar-refractivity contribution in [2.75, 3.05) is 45.4 Å². The number of ether oxygens (including phenoxy) is 3. The molecule has 0 bridgehead atoms. The highest BCUT2D eigenvalue weighted by molar-refractivity contribution is 5.91. The molecule has 2 fully saturated rings. The summed E-state index contributed by atoms with van der Waals surface area (Å²) in [5.74, 6) is 0.0756. The predicted molar refractivity (Wildman–Crippen MR) is 127 cm³/mol. The molecule has 1 unspecified atom stereocenters. The van der Waals surface area contributed by atoms with Crippen molar-refractivity contribution in [1.29, 1.82) is 0 Å². The van der Waals surface area contributed by atoms with Crippen LogP contribution in [0.1, 0.15) is 36.8 Å². The van der Waals surface area contributed by atoms with Crippen LogP contribution in [-0.4, -0.2) is 62.6 Å². The zero-order valence-corrected chi connectivity index (χ0v) is 19.8. The van der Waals surface area contributed by atoms with E-state index in [-0.39, 0.29) is 18.5 Å². The summed E-state index contributed by atoms with van der Waals surface area (Å²) in [5.41, 5.74) is 1.84. The summed E-state index contributed by atoms with van der Waals surface area (Å²) < 4.78 is 31.5. The molecule has 4 rings (SSSR count). The minimum Gasteiger partial charge on any atom is -0.489 e. The Morgan fingerprint density at radius 3 is 2.65 bits per heavy atom. The lowest BCUT2D eigenvalue weighted by Gasteiger charge is -2.36. The highest BCUT2D eigenvalue weighted by Gasteiger charge is 2.35. The predicted octanol–water partition coefficient (Wildman–Crippen LogP) is 4.07. The van der Waals surface area contributed by atoms with Crippen LogP contribution >= 0.6 is 0 Å². The van der Waals surface area contributed by atoms with Crippen molar-refractivity contribution in [1.82, 2.24) is 4.90 Å². The first kappa shape index (κ1) is 24.4.